The summed E-state index contributed by atoms with van der Waals surface area (Å²) in [6.07, 6.45) is 0. The minimum absolute atomic E-state index is 0.195. The van der Waals surface area contributed by atoms with Gasteiger partial charge in [0.2, 0.25) is 0 Å². The van der Waals surface area contributed by atoms with Gasteiger partial charge in [-0.1, -0.05) is 12.1 Å². The first-order valence-electron chi connectivity index (χ1n) is 3.05. The largest absolute Gasteiger partial charge is 0.285 e. The molecule has 1 atom stereocenters. The van der Waals surface area contributed by atoms with Gasteiger partial charge in [0, 0.05) is 14.8 Å². The molecule has 0 radical (unpaired) electrons. The molecule has 1 aliphatic heterocycles. The minimum atomic E-state index is -0.730. The molecular formula is C7H4ClNOS. The van der Waals surface area contributed by atoms with Crippen LogP contribution in [0.2, 0.25) is 0 Å². The van der Waals surface area contributed by atoms with E-state index in [1.54, 1.807) is 6.07 Å². The number of hydrogen-bond acceptors (Lipinski definition) is 1. The van der Waals surface area contributed by atoms with E-state index in [-0.39, 0.29) is 5.91 Å². The third-order valence-corrected chi connectivity index (χ3v) is 3.21. The van der Waals surface area contributed by atoms with Crippen LogP contribution in [0.5, 0.6) is 0 Å². The molecule has 56 valence electrons. The average molecular weight is 186 g/mol. The van der Waals surface area contributed by atoms with Gasteiger partial charge in [-0.05, 0) is 22.8 Å². The number of amides is 1. The Bertz CT molecular complexity index is 361. The molecule has 1 unspecified atom stereocenters. The van der Waals surface area contributed by atoms with E-state index in [9.17, 15) is 4.79 Å². The van der Waals surface area contributed by atoms with E-state index >= 15 is 0 Å². The Balaban J connectivity index is 2.71. The Morgan fingerprint density at radius 2 is 2.09 bits per heavy atom. The summed E-state index contributed by atoms with van der Waals surface area (Å²) < 4.78 is 3.71. The van der Waals surface area contributed by atoms with E-state index in [0.29, 0.717) is 5.56 Å². The van der Waals surface area contributed by atoms with Gasteiger partial charge in [-0.25, -0.2) is 0 Å². The molecule has 4 heteroatoms. The van der Waals surface area contributed by atoms with E-state index in [1.165, 1.54) is 0 Å². The zero-order valence-electron chi connectivity index (χ0n) is 5.45. The summed E-state index contributed by atoms with van der Waals surface area (Å²) in [6, 6.07) is 7.25. The summed E-state index contributed by atoms with van der Waals surface area (Å²) in [5.41, 5.74) is 0.644. The second kappa shape index (κ2) is 2.43. The van der Waals surface area contributed by atoms with Crippen LogP contribution >= 0.6 is 10.7 Å². The topological polar surface area (TPSA) is 29.4 Å². The highest BCUT2D eigenvalue weighted by atomic mass is 35.7. The molecule has 1 aliphatic rings. The number of halogens is 1. The minimum Gasteiger partial charge on any atom is -0.266 e. The standard InChI is InChI=1S/C7H4ClNOS/c8-11-6-4-2-1-3-5(6)7(10)9-11/h1-4H. The van der Waals surface area contributed by atoms with Crippen LogP contribution < -0.4 is 0 Å². The molecule has 0 fully saturated rings. The molecule has 1 amide bonds. The quantitative estimate of drug-likeness (QED) is 0.609. The number of rotatable bonds is 0. The fourth-order valence-corrected chi connectivity index (χ4v) is 2.42. The number of fused-ring (bicyclic) bond motifs is 1. The van der Waals surface area contributed by atoms with Gasteiger partial charge in [0.15, 0.2) is 0 Å². The molecule has 0 bridgehead atoms. The molecule has 2 rings (SSSR count). The molecule has 0 aromatic heterocycles. The Hall–Kier alpha value is -0.670. The van der Waals surface area contributed by atoms with E-state index < -0.39 is 9.90 Å². The van der Waals surface area contributed by atoms with Crippen LogP contribution in [0.1, 0.15) is 10.4 Å². The molecule has 11 heavy (non-hydrogen) atoms. The zero-order chi connectivity index (χ0) is 7.84. The van der Waals surface area contributed by atoms with Crippen molar-refractivity contribution < 1.29 is 4.79 Å². The maximum absolute atomic E-state index is 11.0. The molecule has 1 heterocycles. The predicted octanol–water partition coefficient (Wildman–Crippen LogP) is 2.16. The SMILES string of the molecule is O=C1N=S(Cl)c2ccccc21. The Kier molecular flexibility index (Phi) is 1.55. The first-order valence-corrected chi connectivity index (χ1v) is 5.05. The maximum Gasteiger partial charge on any atom is 0.285 e. The van der Waals surface area contributed by atoms with Crippen LogP contribution in [0.4, 0.5) is 0 Å². The molecule has 0 spiro atoms. The maximum atomic E-state index is 11.0. The van der Waals surface area contributed by atoms with Gasteiger partial charge >= 0.3 is 0 Å². The molecule has 0 N–H and O–H groups in total. The number of benzene rings is 1. The van der Waals surface area contributed by atoms with Crippen molar-refractivity contribution in [3.05, 3.63) is 29.8 Å². The summed E-state index contributed by atoms with van der Waals surface area (Å²) in [7, 11) is 5.05. The van der Waals surface area contributed by atoms with Crippen LogP contribution in [-0.2, 0) is 9.90 Å². The van der Waals surface area contributed by atoms with Crippen LogP contribution in [0.3, 0.4) is 0 Å². The molecule has 0 saturated carbocycles. The predicted molar refractivity (Wildman–Crippen MR) is 44.7 cm³/mol. The highest BCUT2D eigenvalue weighted by Crippen LogP contribution is 2.25. The highest BCUT2D eigenvalue weighted by molar-refractivity contribution is 8.10. The summed E-state index contributed by atoms with van der Waals surface area (Å²) in [4.78, 5) is 11.9. The first kappa shape index (κ1) is 7.00. The van der Waals surface area contributed by atoms with Gasteiger partial charge in [-0.3, -0.25) is 4.79 Å². The first-order chi connectivity index (χ1) is 5.29. The summed E-state index contributed by atoms with van der Waals surface area (Å²) in [6.45, 7) is 0. The van der Waals surface area contributed by atoms with Gasteiger partial charge in [-0.15, -0.1) is 0 Å². The van der Waals surface area contributed by atoms with Crippen molar-refractivity contribution in [2.75, 3.05) is 0 Å². The third-order valence-electron chi connectivity index (χ3n) is 1.46. The molecule has 2 nitrogen and oxygen atoms in total. The van der Waals surface area contributed by atoms with Gasteiger partial charge in [0.25, 0.3) is 5.91 Å². The molecule has 0 saturated heterocycles. The van der Waals surface area contributed by atoms with Crippen LogP contribution in [0, 0.1) is 0 Å². The zero-order valence-corrected chi connectivity index (χ0v) is 7.02. The van der Waals surface area contributed by atoms with Gasteiger partial charge in [0.1, 0.15) is 0 Å². The normalized spacial score (nSPS) is 21.2. The van der Waals surface area contributed by atoms with E-state index in [4.69, 9.17) is 10.7 Å². The molecule has 1 aromatic rings. The highest BCUT2D eigenvalue weighted by Gasteiger charge is 2.19. The van der Waals surface area contributed by atoms with Gasteiger partial charge in [-0.2, -0.15) is 4.36 Å². The Labute approximate surface area is 70.8 Å². The Morgan fingerprint density at radius 1 is 1.36 bits per heavy atom. The van der Waals surface area contributed by atoms with Gasteiger partial charge in [0.05, 0.1) is 5.56 Å². The summed E-state index contributed by atoms with van der Waals surface area (Å²) in [5, 5.41) is 0. The van der Waals surface area contributed by atoms with Crippen LogP contribution in [0.25, 0.3) is 0 Å². The lowest BCUT2D eigenvalue weighted by Gasteiger charge is -1.92. The number of carbonyl (C=O) groups is 1. The van der Waals surface area contributed by atoms with E-state index in [0.717, 1.165) is 4.90 Å². The smallest absolute Gasteiger partial charge is 0.266 e. The van der Waals surface area contributed by atoms with Crippen molar-refractivity contribution in [3.63, 3.8) is 0 Å². The van der Waals surface area contributed by atoms with Crippen LogP contribution in [0.15, 0.2) is 33.5 Å². The fraction of sp³-hybridized carbons (Fsp3) is 0. The van der Waals surface area contributed by atoms with E-state index in [1.807, 2.05) is 18.2 Å². The lowest BCUT2D eigenvalue weighted by Crippen LogP contribution is -1.88. The van der Waals surface area contributed by atoms with Crippen molar-refractivity contribution in [2.24, 2.45) is 4.36 Å². The van der Waals surface area contributed by atoms with E-state index in [2.05, 4.69) is 4.36 Å². The number of nitrogens with zero attached hydrogens (tertiary/aromatic N) is 1. The van der Waals surface area contributed by atoms with Crippen molar-refractivity contribution in [3.8, 4) is 0 Å². The van der Waals surface area contributed by atoms with Crippen molar-refractivity contribution >= 4 is 26.5 Å². The third kappa shape index (κ3) is 1.01. The van der Waals surface area contributed by atoms with Crippen molar-refractivity contribution in [1.29, 1.82) is 0 Å². The molecule has 0 aliphatic carbocycles. The summed E-state index contributed by atoms with van der Waals surface area (Å²) in [5.74, 6) is -0.195. The second-order valence-electron chi connectivity index (χ2n) is 2.13. The molecule has 1 aromatic carbocycles. The second-order valence-corrected chi connectivity index (χ2v) is 4.10. The average Bonchev–Trinajstić information content (AvgIpc) is 2.30. The van der Waals surface area contributed by atoms with Crippen molar-refractivity contribution in [2.45, 2.75) is 4.90 Å². The monoisotopic (exact) mass is 185 g/mol. The number of carbonyl (C=O) groups excluding carboxylic acids is 1. The van der Waals surface area contributed by atoms with Crippen LogP contribution in [-0.4, -0.2) is 5.91 Å². The lowest BCUT2D eigenvalue weighted by atomic mass is 10.2. The number of hydrogen-bond donors (Lipinski definition) is 0. The van der Waals surface area contributed by atoms with Gasteiger partial charge < -0.3 is 0 Å². The summed E-state index contributed by atoms with van der Waals surface area (Å²) >= 11 is 0. The fourth-order valence-electron chi connectivity index (χ4n) is 0.961. The lowest BCUT2D eigenvalue weighted by molar-refractivity contribution is 0.101. The molecular weight excluding hydrogens is 182 g/mol. The van der Waals surface area contributed by atoms with Crippen molar-refractivity contribution in [1.82, 2.24) is 0 Å². The Morgan fingerprint density at radius 3 is 2.82 bits per heavy atom.